The number of ether oxygens (including phenoxy) is 2. The van der Waals surface area contributed by atoms with Crippen molar-refractivity contribution in [3.8, 4) is 11.5 Å². The highest BCUT2D eigenvalue weighted by atomic mass is 32.1. The van der Waals surface area contributed by atoms with Crippen LogP contribution in [0.2, 0.25) is 0 Å². The molecular formula is C26H27N3O4S. The molecule has 0 saturated carbocycles. The fourth-order valence-corrected chi connectivity index (χ4v) is 6.58. The Kier molecular flexibility index (Phi) is 5.40. The number of fused-ring (bicyclic) bond motifs is 2. The number of likely N-dealkylation sites (tertiary alicyclic amines) is 1. The predicted molar refractivity (Wildman–Crippen MR) is 129 cm³/mol. The van der Waals surface area contributed by atoms with Crippen molar-refractivity contribution in [1.82, 2.24) is 15.2 Å². The van der Waals surface area contributed by atoms with Gasteiger partial charge in [0.05, 0.1) is 16.3 Å². The van der Waals surface area contributed by atoms with Gasteiger partial charge in [-0.25, -0.2) is 4.98 Å². The van der Waals surface area contributed by atoms with Crippen molar-refractivity contribution >= 4 is 33.4 Å². The first-order valence-corrected chi connectivity index (χ1v) is 12.7. The number of benzene rings is 2. The standard InChI is InChI=1S/C26H27N3O4S/c30-23-9-11-26(28-23,15-17-7-8-20-21(14-17)33-16-32-20)12-10-24(31)29-13-3-5-19(29)25-27-18-4-1-2-6-22(18)34-25/h1-2,4,6-8,14,19H,3,5,9-13,15-16H2,(H,28,30). The highest BCUT2D eigenvalue weighted by Gasteiger charge is 2.40. The summed E-state index contributed by atoms with van der Waals surface area (Å²) >= 11 is 1.69. The minimum Gasteiger partial charge on any atom is -0.454 e. The molecule has 2 fully saturated rings. The third-order valence-electron chi connectivity index (χ3n) is 7.20. The average Bonchev–Trinajstić information content (AvgIpc) is 3.62. The normalized spacial score (nSPS) is 23.6. The van der Waals surface area contributed by atoms with Crippen LogP contribution in [0.25, 0.3) is 10.2 Å². The Morgan fingerprint density at radius 3 is 2.94 bits per heavy atom. The molecule has 2 aromatic carbocycles. The summed E-state index contributed by atoms with van der Waals surface area (Å²) in [5, 5.41) is 4.22. The zero-order valence-corrected chi connectivity index (χ0v) is 19.7. The Morgan fingerprint density at radius 1 is 1.21 bits per heavy atom. The lowest BCUT2D eigenvalue weighted by Gasteiger charge is -2.31. The highest BCUT2D eigenvalue weighted by Crippen LogP contribution is 2.39. The van der Waals surface area contributed by atoms with Crippen molar-refractivity contribution in [2.24, 2.45) is 0 Å². The van der Waals surface area contributed by atoms with Crippen LogP contribution < -0.4 is 14.8 Å². The van der Waals surface area contributed by atoms with Crippen molar-refractivity contribution in [3.05, 3.63) is 53.0 Å². The minimum absolute atomic E-state index is 0.0490. The quantitative estimate of drug-likeness (QED) is 0.571. The van der Waals surface area contributed by atoms with Gasteiger partial charge in [-0.15, -0.1) is 11.3 Å². The Hall–Kier alpha value is -3.13. The van der Waals surface area contributed by atoms with E-state index in [-0.39, 0.29) is 24.6 Å². The number of para-hydroxylation sites is 1. The van der Waals surface area contributed by atoms with E-state index in [0.29, 0.717) is 25.7 Å². The topological polar surface area (TPSA) is 80.8 Å². The highest BCUT2D eigenvalue weighted by molar-refractivity contribution is 7.18. The first-order valence-electron chi connectivity index (χ1n) is 11.9. The molecule has 0 aliphatic carbocycles. The maximum Gasteiger partial charge on any atom is 0.231 e. The van der Waals surface area contributed by atoms with Gasteiger partial charge in [-0.2, -0.15) is 0 Å². The van der Waals surface area contributed by atoms with E-state index in [0.717, 1.165) is 58.1 Å². The fourth-order valence-electron chi connectivity index (χ4n) is 5.47. The average molecular weight is 478 g/mol. The third-order valence-corrected chi connectivity index (χ3v) is 8.34. The van der Waals surface area contributed by atoms with Gasteiger partial charge in [0.25, 0.3) is 0 Å². The molecule has 7 nitrogen and oxygen atoms in total. The van der Waals surface area contributed by atoms with E-state index in [2.05, 4.69) is 11.4 Å². The number of thiazole rings is 1. The summed E-state index contributed by atoms with van der Waals surface area (Å²) in [4.78, 5) is 32.4. The number of carbonyl (C=O) groups is 2. The van der Waals surface area contributed by atoms with Crippen LogP contribution in [0, 0.1) is 0 Å². The molecule has 0 bridgehead atoms. The molecule has 2 atom stereocenters. The second-order valence-electron chi connectivity index (χ2n) is 9.46. The summed E-state index contributed by atoms with van der Waals surface area (Å²) in [5.74, 6) is 1.69. The van der Waals surface area contributed by atoms with Gasteiger partial charge in [-0.3, -0.25) is 9.59 Å². The molecule has 3 aliphatic rings. The molecule has 2 saturated heterocycles. The van der Waals surface area contributed by atoms with E-state index in [4.69, 9.17) is 14.5 Å². The van der Waals surface area contributed by atoms with Crippen LogP contribution in [0.1, 0.15) is 55.1 Å². The van der Waals surface area contributed by atoms with Crippen molar-refractivity contribution in [2.45, 2.75) is 56.5 Å². The second-order valence-corrected chi connectivity index (χ2v) is 10.5. The van der Waals surface area contributed by atoms with Gasteiger partial charge < -0.3 is 19.7 Å². The maximum absolute atomic E-state index is 13.4. The third kappa shape index (κ3) is 4.00. The van der Waals surface area contributed by atoms with Crippen molar-refractivity contribution < 1.29 is 19.1 Å². The van der Waals surface area contributed by atoms with Gasteiger partial charge in [0.1, 0.15) is 5.01 Å². The van der Waals surface area contributed by atoms with Crippen LogP contribution in [0.3, 0.4) is 0 Å². The van der Waals surface area contributed by atoms with Crippen molar-refractivity contribution in [1.29, 1.82) is 0 Å². The fraction of sp³-hybridized carbons (Fsp3) is 0.423. The Morgan fingerprint density at radius 2 is 2.09 bits per heavy atom. The monoisotopic (exact) mass is 477 g/mol. The number of rotatable bonds is 6. The molecule has 2 unspecified atom stereocenters. The van der Waals surface area contributed by atoms with Crippen LogP contribution in [0.5, 0.6) is 11.5 Å². The predicted octanol–water partition coefficient (Wildman–Crippen LogP) is 4.36. The van der Waals surface area contributed by atoms with Crippen LogP contribution in [-0.4, -0.2) is 40.6 Å². The molecule has 4 heterocycles. The van der Waals surface area contributed by atoms with Crippen molar-refractivity contribution in [3.63, 3.8) is 0 Å². The molecule has 1 N–H and O–H groups in total. The van der Waals surface area contributed by atoms with Crippen LogP contribution in [0.4, 0.5) is 0 Å². The zero-order chi connectivity index (χ0) is 23.1. The van der Waals surface area contributed by atoms with Gasteiger partial charge in [0, 0.05) is 24.9 Å². The minimum atomic E-state index is -0.411. The molecule has 1 aromatic heterocycles. The molecule has 3 aromatic rings. The number of carbonyl (C=O) groups excluding carboxylic acids is 2. The summed E-state index contributed by atoms with van der Waals surface area (Å²) in [5.41, 5.74) is 1.66. The SMILES string of the molecule is O=C1CCC(CCC(=O)N2CCCC2c2nc3ccccc3s2)(Cc2ccc3c(c2)OCO3)N1. The van der Waals surface area contributed by atoms with Gasteiger partial charge in [0.2, 0.25) is 18.6 Å². The lowest BCUT2D eigenvalue weighted by atomic mass is 9.84. The van der Waals surface area contributed by atoms with Gasteiger partial charge in [-0.05, 0) is 61.9 Å². The molecular weight excluding hydrogens is 450 g/mol. The molecule has 176 valence electrons. The van der Waals surface area contributed by atoms with E-state index in [1.807, 2.05) is 41.3 Å². The molecule has 34 heavy (non-hydrogen) atoms. The Bertz CT molecular complexity index is 1220. The summed E-state index contributed by atoms with van der Waals surface area (Å²) in [6.07, 6.45) is 4.87. The number of nitrogens with zero attached hydrogens (tertiary/aromatic N) is 2. The van der Waals surface area contributed by atoms with Gasteiger partial charge in [0.15, 0.2) is 11.5 Å². The van der Waals surface area contributed by atoms with Gasteiger partial charge >= 0.3 is 0 Å². The van der Waals surface area contributed by atoms with Crippen LogP contribution in [-0.2, 0) is 16.0 Å². The van der Waals surface area contributed by atoms with Crippen LogP contribution in [0.15, 0.2) is 42.5 Å². The molecule has 0 spiro atoms. The van der Waals surface area contributed by atoms with E-state index < -0.39 is 5.54 Å². The van der Waals surface area contributed by atoms with E-state index in [9.17, 15) is 9.59 Å². The first-order chi connectivity index (χ1) is 16.6. The number of hydrogen-bond donors (Lipinski definition) is 1. The Balaban J connectivity index is 1.17. The van der Waals surface area contributed by atoms with E-state index >= 15 is 0 Å². The molecule has 2 amide bonds. The smallest absolute Gasteiger partial charge is 0.231 e. The maximum atomic E-state index is 13.4. The molecule has 8 heteroatoms. The number of aromatic nitrogens is 1. The number of hydrogen-bond acceptors (Lipinski definition) is 6. The summed E-state index contributed by atoms with van der Waals surface area (Å²) < 4.78 is 12.1. The molecule has 0 radical (unpaired) electrons. The number of nitrogens with one attached hydrogen (secondary N) is 1. The lowest BCUT2D eigenvalue weighted by molar-refractivity contribution is -0.132. The van der Waals surface area contributed by atoms with Gasteiger partial charge in [-0.1, -0.05) is 18.2 Å². The van der Waals surface area contributed by atoms with E-state index in [1.165, 1.54) is 0 Å². The summed E-state index contributed by atoms with van der Waals surface area (Å²) in [7, 11) is 0. The second kappa shape index (κ2) is 8.58. The first kappa shape index (κ1) is 21.4. The zero-order valence-electron chi connectivity index (χ0n) is 18.9. The molecule has 3 aliphatic heterocycles. The molecule has 6 rings (SSSR count). The summed E-state index contributed by atoms with van der Waals surface area (Å²) in [6, 6.07) is 14.1. The Labute approximate surface area is 202 Å². The number of amides is 2. The van der Waals surface area contributed by atoms with E-state index in [1.54, 1.807) is 11.3 Å². The lowest BCUT2D eigenvalue weighted by Crippen LogP contribution is -2.44. The van der Waals surface area contributed by atoms with Crippen molar-refractivity contribution in [2.75, 3.05) is 13.3 Å². The largest absolute Gasteiger partial charge is 0.454 e. The summed E-state index contributed by atoms with van der Waals surface area (Å²) in [6.45, 7) is 1.00. The van der Waals surface area contributed by atoms with Crippen LogP contribution >= 0.6 is 11.3 Å².